The van der Waals surface area contributed by atoms with Crippen LogP contribution in [0.5, 0.6) is 0 Å². The Labute approximate surface area is 101 Å². The lowest BCUT2D eigenvalue weighted by Gasteiger charge is -1.95. The van der Waals surface area contributed by atoms with E-state index >= 15 is 0 Å². The van der Waals surface area contributed by atoms with Gasteiger partial charge in [-0.05, 0) is 24.6 Å². The zero-order valence-electron chi connectivity index (χ0n) is 10.1. The molecule has 0 aliphatic heterocycles. The zero-order chi connectivity index (χ0) is 13.1. The molecule has 0 bridgehead atoms. The minimum atomic E-state index is 0.139. The highest BCUT2D eigenvalue weighted by Crippen LogP contribution is 2.11. The predicted octanol–water partition coefficient (Wildman–Crippen LogP) is 1.30. The van der Waals surface area contributed by atoms with Crippen molar-refractivity contribution >= 4 is 17.2 Å². The summed E-state index contributed by atoms with van der Waals surface area (Å²) in [6.07, 6.45) is 2.54. The number of hydrogen-bond acceptors (Lipinski definition) is 4. The molecule has 1 aromatic heterocycles. The van der Waals surface area contributed by atoms with Gasteiger partial charge in [0, 0.05) is 25.2 Å². The van der Waals surface area contributed by atoms with Crippen LogP contribution in [0.1, 0.15) is 5.56 Å². The maximum absolute atomic E-state index is 9.05. The van der Waals surface area contributed by atoms with Gasteiger partial charge in [0.25, 0.3) is 0 Å². The summed E-state index contributed by atoms with van der Waals surface area (Å²) < 4.78 is 0. The highest BCUT2D eigenvalue weighted by molar-refractivity contribution is 5.78. The van der Waals surface area contributed by atoms with Crippen LogP contribution in [-0.2, 0) is 4.79 Å². The topological polar surface area (TPSA) is 76.2 Å². The SMILES string of the molecule is CO.Cc1cnc2ccccc2c1.NCC=O. The molecule has 4 heteroatoms. The van der Waals surface area contributed by atoms with Gasteiger partial charge in [-0.3, -0.25) is 4.98 Å². The molecule has 17 heavy (non-hydrogen) atoms. The normalized spacial score (nSPS) is 8.47. The largest absolute Gasteiger partial charge is 0.400 e. The van der Waals surface area contributed by atoms with Crippen molar-refractivity contribution in [2.24, 2.45) is 5.73 Å². The molecule has 92 valence electrons. The average Bonchev–Trinajstić information content (AvgIpc) is 2.41. The number of pyridine rings is 1. The van der Waals surface area contributed by atoms with E-state index in [1.807, 2.05) is 24.4 Å². The number of carbonyl (C=O) groups is 1. The van der Waals surface area contributed by atoms with Crippen LogP contribution in [0.4, 0.5) is 0 Å². The fourth-order valence-corrected chi connectivity index (χ4v) is 1.18. The fourth-order valence-electron chi connectivity index (χ4n) is 1.18. The molecule has 0 saturated carbocycles. The van der Waals surface area contributed by atoms with E-state index in [-0.39, 0.29) is 6.54 Å². The average molecular weight is 234 g/mol. The third-order valence-corrected chi connectivity index (χ3v) is 1.82. The number of nitrogens with two attached hydrogens (primary N) is 1. The molecule has 2 aromatic rings. The van der Waals surface area contributed by atoms with Crippen LogP contribution in [0.2, 0.25) is 0 Å². The third kappa shape index (κ3) is 5.75. The predicted molar refractivity (Wildman–Crippen MR) is 69.7 cm³/mol. The van der Waals surface area contributed by atoms with Crippen molar-refractivity contribution in [1.29, 1.82) is 0 Å². The molecule has 0 amide bonds. The van der Waals surface area contributed by atoms with Crippen LogP contribution in [0.25, 0.3) is 10.9 Å². The summed E-state index contributed by atoms with van der Waals surface area (Å²) in [6, 6.07) is 10.3. The molecule has 0 fully saturated rings. The highest BCUT2D eigenvalue weighted by atomic mass is 16.2. The summed E-state index contributed by atoms with van der Waals surface area (Å²) in [5.74, 6) is 0. The van der Waals surface area contributed by atoms with Crippen LogP contribution >= 0.6 is 0 Å². The van der Waals surface area contributed by atoms with E-state index in [4.69, 9.17) is 9.90 Å². The van der Waals surface area contributed by atoms with E-state index in [9.17, 15) is 0 Å². The van der Waals surface area contributed by atoms with Crippen molar-refractivity contribution < 1.29 is 9.90 Å². The lowest BCUT2D eigenvalue weighted by atomic mass is 10.2. The number of aldehydes is 1. The van der Waals surface area contributed by atoms with Crippen molar-refractivity contribution in [3.8, 4) is 0 Å². The maximum atomic E-state index is 9.05. The summed E-state index contributed by atoms with van der Waals surface area (Å²) in [6.45, 7) is 2.19. The fraction of sp³-hybridized carbons (Fsp3) is 0.231. The standard InChI is InChI=1S/C10H9N.C2H5NO.CH4O/c1-8-6-9-4-2-3-5-10(9)11-7-8;3-1-2-4;1-2/h2-7H,1H3;2H,1,3H2;2H,1H3. The number of para-hydroxylation sites is 1. The van der Waals surface area contributed by atoms with Gasteiger partial charge >= 0.3 is 0 Å². The van der Waals surface area contributed by atoms with Gasteiger partial charge in [-0.1, -0.05) is 18.2 Å². The second kappa shape index (κ2) is 9.45. The molecule has 3 N–H and O–H groups in total. The number of carbonyl (C=O) groups excluding carboxylic acids is 1. The molecule has 0 atom stereocenters. The summed E-state index contributed by atoms with van der Waals surface area (Å²) in [7, 11) is 1.00. The smallest absolute Gasteiger partial charge is 0.133 e. The maximum Gasteiger partial charge on any atom is 0.133 e. The van der Waals surface area contributed by atoms with Crippen molar-refractivity contribution in [3.05, 3.63) is 42.1 Å². The van der Waals surface area contributed by atoms with E-state index in [0.29, 0.717) is 6.29 Å². The highest BCUT2D eigenvalue weighted by Gasteiger charge is 1.90. The number of aliphatic hydroxyl groups is 1. The molecular formula is C13H18N2O2. The van der Waals surface area contributed by atoms with Gasteiger partial charge in [0.1, 0.15) is 6.29 Å². The number of fused-ring (bicyclic) bond motifs is 1. The lowest BCUT2D eigenvalue weighted by Crippen LogP contribution is -1.97. The van der Waals surface area contributed by atoms with E-state index in [2.05, 4.69) is 29.8 Å². The first-order valence-corrected chi connectivity index (χ1v) is 5.17. The van der Waals surface area contributed by atoms with E-state index < -0.39 is 0 Å². The van der Waals surface area contributed by atoms with Crippen LogP contribution in [0, 0.1) is 6.92 Å². The molecule has 0 radical (unpaired) electrons. The molecule has 0 spiro atoms. The number of benzene rings is 1. The van der Waals surface area contributed by atoms with Gasteiger partial charge < -0.3 is 15.6 Å². The second-order valence-electron chi connectivity index (χ2n) is 3.11. The summed E-state index contributed by atoms with van der Waals surface area (Å²) in [4.78, 5) is 13.3. The number of rotatable bonds is 1. The van der Waals surface area contributed by atoms with E-state index in [1.54, 1.807) is 0 Å². The molecule has 0 aliphatic rings. The Bertz CT molecular complexity index is 444. The van der Waals surface area contributed by atoms with Gasteiger partial charge in [-0.2, -0.15) is 0 Å². The Kier molecular flexibility index (Phi) is 8.46. The Hall–Kier alpha value is -1.78. The van der Waals surface area contributed by atoms with Crippen LogP contribution in [0.15, 0.2) is 36.5 Å². The Morgan fingerprint density at radius 1 is 1.35 bits per heavy atom. The minimum Gasteiger partial charge on any atom is -0.400 e. The van der Waals surface area contributed by atoms with E-state index in [0.717, 1.165) is 12.6 Å². The third-order valence-electron chi connectivity index (χ3n) is 1.82. The molecule has 4 nitrogen and oxygen atoms in total. The quantitative estimate of drug-likeness (QED) is 0.729. The lowest BCUT2D eigenvalue weighted by molar-refractivity contribution is -0.106. The van der Waals surface area contributed by atoms with Crippen molar-refractivity contribution in [3.63, 3.8) is 0 Å². The van der Waals surface area contributed by atoms with Gasteiger partial charge in [-0.15, -0.1) is 0 Å². The minimum absolute atomic E-state index is 0.139. The van der Waals surface area contributed by atoms with E-state index in [1.165, 1.54) is 10.9 Å². The van der Waals surface area contributed by atoms with Crippen LogP contribution in [0.3, 0.4) is 0 Å². The Balaban J connectivity index is 0.000000368. The molecule has 0 unspecified atom stereocenters. The van der Waals surface area contributed by atoms with Gasteiger partial charge in [0.2, 0.25) is 0 Å². The monoisotopic (exact) mass is 234 g/mol. The number of aliphatic hydroxyl groups excluding tert-OH is 1. The van der Waals surface area contributed by atoms with Crippen LogP contribution in [-0.4, -0.2) is 30.0 Å². The zero-order valence-corrected chi connectivity index (χ0v) is 10.1. The number of aryl methyl sites for hydroxylation is 1. The number of aromatic nitrogens is 1. The van der Waals surface area contributed by atoms with Crippen LogP contribution < -0.4 is 5.73 Å². The summed E-state index contributed by atoms with van der Waals surface area (Å²) in [5, 5.41) is 8.22. The summed E-state index contributed by atoms with van der Waals surface area (Å²) >= 11 is 0. The number of nitrogens with zero attached hydrogens (tertiary/aromatic N) is 1. The molecule has 0 aliphatic carbocycles. The first-order chi connectivity index (χ1) is 8.27. The van der Waals surface area contributed by atoms with Crippen molar-refractivity contribution in [1.82, 2.24) is 4.98 Å². The van der Waals surface area contributed by atoms with Crippen molar-refractivity contribution in [2.75, 3.05) is 13.7 Å². The first-order valence-electron chi connectivity index (χ1n) is 5.17. The molecule has 1 heterocycles. The molecule has 2 rings (SSSR count). The molecule has 0 saturated heterocycles. The Morgan fingerprint density at radius 2 is 1.94 bits per heavy atom. The van der Waals surface area contributed by atoms with Gasteiger partial charge in [0.15, 0.2) is 0 Å². The second-order valence-corrected chi connectivity index (χ2v) is 3.11. The van der Waals surface area contributed by atoms with Crippen molar-refractivity contribution in [2.45, 2.75) is 6.92 Å². The Morgan fingerprint density at radius 3 is 2.53 bits per heavy atom. The van der Waals surface area contributed by atoms with Gasteiger partial charge in [0.05, 0.1) is 5.52 Å². The summed E-state index contributed by atoms with van der Waals surface area (Å²) in [5.41, 5.74) is 6.94. The van der Waals surface area contributed by atoms with Gasteiger partial charge in [-0.25, -0.2) is 0 Å². The first kappa shape index (κ1) is 15.2. The molecular weight excluding hydrogens is 216 g/mol. The number of hydrogen-bond donors (Lipinski definition) is 2. The molecule has 1 aromatic carbocycles.